The second-order valence-electron chi connectivity index (χ2n) is 5.03. The monoisotopic (exact) mass is 293 g/mol. The fourth-order valence-corrected chi connectivity index (χ4v) is 2.60. The van der Waals surface area contributed by atoms with Crippen molar-refractivity contribution >= 4 is 28.3 Å². The standard InChI is InChI=1S/C17H11FN2O2/c18-11-5-3-4-10(8-11)15-17-16(20-14(21)9-19-15)12-6-1-2-7-13(12)22-17/h1-8H,9H2,(H,20,21)/i18-1. The minimum absolute atomic E-state index is 0.0234. The molecule has 1 aromatic heterocycles. The van der Waals surface area contributed by atoms with E-state index in [1.165, 1.54) is 12.1 Å². The highest BCUT2D eigenvalue weighted by Crippen LogP contribution is 2.33. The first-order chi connectivity index (χ1) is 10.7. The minimum atomic E-state index is -0.360. The molecule has 1 aliphatic rings. The first kappa shape index (κ1) is 12.8. The summed E-state index contributed by atoms with van der Waals surface area (Å²) < 4.78 is 19.4. The highest BCUT2D eigenvalue weighted by atomic mass is 18.2. The van der Waals surface area contributed by atoms with Gasteiger partial charge in [0, 0.05) is 10.9 Å². The van der Waals surface area contributed by atoms with Crippen LogP contribution in [0.4, 0.5) is 10.1 Å². The number of halogens is 1. The van der Waals surface area contributed by atoms with E-state index in [1.807, 2.05) is 24.3 Å². The normalized spacial score (nSPS) is 14.2. The molecule has 0 spiro atoms. The number of rotatable bonds is 1. The average molecular weight is 293 g/mol. The molecule has 3 aromatic rings. The average Bonchev–Trinajstić information content (AvgIpc) is 2.78. The van der Waals surface area contributed by atoms with E-state index >= 15 is 0 Å². The van der Waals surface area contributed by atoms with Crippen molar-refractivity contribution in [1.82, 2.24) is 0 Å². The Hall–Kier alpha value is -2.95. The van der Waals surface area contributed by atoms with Gasteiger partial charge in [0.05, 0.1) is 5.69 Å². The van der Waals surface area contributed by atoms with Gasteiger partial charge >= 0.3 is 0 Å². The summed E-state index contributed by atoms with van der Waals surface area (Å²) in [5, 5.41) is 3.62. The number of carbonyl (C=O) groups excluding carboxylic acids is 1. The molecule has 2 aromatic carbocycles. The Kier molecular flexibility index (Phi) is 2.79. The largest absolute Gasteiger partial charge is 0.452 e. The molecule has 0 saturated heterocycles. The Bertz CT molecular complexity index is 927. The van der Waals surface area contributed by atoms with Gasteiger partial charge in [-0.15, -0.1) is 0 Å². The number of para-hydroxylation sites is 1. The molecule has 22 heavy (non-hydrogen) atoms. The van der Waals surface area contributed by atoms with E-state index < -0.39 is 0 Å². The maximum atomic E-state index is 13.5. The molecule has 0 atom stereocenters. The summed E-state index contributed by atoms with van der Waals surface area (Å²) in [6.45, 7) is -0.0234. The van der Waals surface area contributed by atoms with Crippen LogP contribution in [0.25, 0.3) is 11.0 Å². The molecular weight excluding hydrogens is 282 g/mol. The van der Waals surface area contributed by atoms with Crippen molar-refractivity contribution in [3.63, 3.8) is 0 Å². The molecule has 4 rings (SSSR count). The van der Waals surface area contributed by atoms with Crippen molar-refractivity contribution in [2.75, 3.05) is 11.9 Å². The van der Waals surface area contributed by atoms with Gasteiger partial charge in [-0.05, 0) is 24.3 Å². The molecule has 4 nitrogen and oxygen atoms in total. The number of carbonyl (C=O) groups is 1. The van der Waals surface area contributed by atoms with Crippen LogP contribution in [-0.4, -0.2) is 18.2 Å². The van der Waals surface area contributed by atoms with E-state index in [2.05, 4.69) is 10.3 Å². The van der Waals surface area contributed by atoms with Crippen LogP contribution in [0.15, 0.2) is 57.9 Å². The Morgan fingerprint density at radius 1 is 1.14 bits per heavy atom. The van der Waals surface area contributed by atoms with Crippen LogP contribution in [0, 0.1) is 5.82 Å². The Morgan fingerprint density at radius 2 is 2.00 bits per heavy atom. The van der Waals surface area contributed by atoms with Crippen LogP contribution in [0.3, 0.4) is 0 Å². The summed E-state index contributed by atoms with van der Waals surface area (Å²) in [6, 6.07) is 13.5. The van der Waals surface area contributed by atoms with E-state index in [1.54, 1.807) is 12.1 Å². The number of anilines is 1. The van der Waals surface area contributed by atoms with Crippen molar-refractivity contribution in [2.45, 2.75) is 0 Å². The van der Waals surface area contributed by atoms with Gasteiger partial charge in [0.2, 0.25) is 5.91 Å². The summed E-state index contributed by atoms with van der Waals surface area (Å²) in [7, 11) is 0. The summed E-state index contributed by atoms with van der Waals surface area (Å²) >= 11 is 0. The van der Waals surface area contributed by atoms with Crippen molar-refractivity contribution in [3.05, 3.63) is 65.7 Å². The number of furan rings is 1. The minimum Gasteiger partial charge on any atom is -0.452 e. The predicted molar refractivity (Wildman–Crippen MR) is 81.7 cm³/mol. The second kappa shape index (κ2) is 4.80. The van der Waals surface area contributed by atoms with E-state index in [4.69, 9.17) is 4.42 Å². The molecule has 1 amide bonds. The number of nitrogens with zero attached hydrogens (tertiary/aromatic N) is 1. The highest BCUT2D eigenvalue weighted by molar-refractivity contribution is 6.21. The lowest BCUT2D eigenvalue weighted by atomic mass is 10.1. The number of hydrogen-bond donors (Lipinski definition) is 1. The smallest absolute Gasteiger partial charge is 0.246 e. The molecule has 0 saturated carbocycles. The SMILES string of the molecule is O=C1CN=C(c2cccc([18F])c2)c2oc3ccccc3c2N1. The molecule has 5 heteroatoms. The van der Waals surface area contributed by atoms with Gasteiger partial charge in [-0.25, -0.2) is 4.39 Å². The topological polar surface area (TPSA) is 54.6 Å². The number of fused-ring (bicyclic) bond motifs is 3. The zero-order chi connectivity index (χ0) is 15.1. The third kappa shape index (κ3) is 1.98. The van der Waals surface area contributed by atoms with Crippen LogP contribution >= 0.6 is 0 Å². The Morgan fingerprint density at radius 3 is 2.86 bits per heavy atom. The van der Waals surface area contributed by atoms with Crippen molar-refractivity contribution in [3.8, 4) is 0 Å². The lowest BCUT2D eigenvalue weighted by Gasteiger charge is -2.04. The molecule has 0 bridgehead atoms. The maximum Gasteiger partial charge on any atom is 0.246 e. The number of benzene rings is 2. The van der Waals surface area contributed by atoms with Crippen LogP contribution in [0.2, 0.25) is 0 Å². The van der Waals surface area contributed by atoms with Gasteiger partial charge in [-0.2, -0.15) is 0 Å². The van der Waals surface area contributed by atoms with Crippen LogP contribution < -0.4 is 5.32 Å². The number of hydrogen-bond acceptors (Lipinski definition) is 3. The molecule has 2 heterocycles. The number of aliphatic imine (C=N–C) groups is 1. The molecule has 0 radical (unpaired) electrons. The zero-order valence-corrected chi connectivity index (χ0v) is 11.5. The molecule has 0 aliphatic carbocycles. The van der Waals surface area contributed by atoms with Crippen molar-refractivity contribution in [2.24, 2.45) is 4.99 Å². The van der Waals surface area contributed by atoms with E-state index in [0.29, 0.717) is 28.3 Å². The first-order valence-corrected chi connectivity index (χ1v) is 6.84. The maximum absolute atomic E-state index is 13.5. The first-order valence-electron chi connectivity index (χ1n) is 6.84. The summed E-state index contributed by atoms with van der Waals surface area (Å²) in [5.74, 6) is -0.127. The predicted octanol–water partition coefficient (Wildman–Crippen LogP) is 3.36. The Labute approximate surface area is 125 Å². The van der Waals surface area contributed by atoms with Gasteiger partial charge < -0.3 is 9.73 Å². The zero-order valence-electron chi connectivity index (χ0n) is 11.5. The van der Waals surface area contributed by atoms with Gasteiger partial charge in [0.25, 0.3) is 0 Å². The summed E-state index contributed by atoms with van der Waals surface area (Å²) in [4.78, 5) is 16.2. The van der Waals surface area contributed by atoms with Gasteiger partial charge in [0.15, 0.2) is 5.76 Å². The van der Waals surface area contributed by atoms with Crippen molar-refractivity contribution < 1.29 is 13.6 Å². The summed E-state index contributed by atoms with van der Waals surface area (Å²) in [6.07, 6.45) is 0. The fraction of sp³-hybridized carbons (Fsp3) is 0.0588. The quantitative estimate of drug-likeness (QED) is 0.748. The van der Waals surface area contributed by atoms with Crippen LogP contribution in [0.5, 0.6) is 0 Å². The van der Waals surface area contributed by atoms with Crippen LogP contribution in [0.1, 0.15) is 11.3 Å². The lowest BCUT2D eigenvalue weighted by molar-refractivity contribution is -0.114. The number of nitrogens with one attached hydrogen (secondary N) is 1. The van der Waals surface area contributed by atoms with E-state index in [0.717, 1.165) is 5.39 Å². The van der Waals surface area contributed by atoms with Gasteiger partial charge in [-0.3, -0.25) is 9.79 Å². The van der Waals surface area contributed by atoms with Gasteiger partial charge in [-0.1, -0.05) is 24.3 Å². The molecule has 108 valence electrons. The summed E-state index contributed by atoms with van der Waals surface area (Å²) in [5.41, 5.74) is 2.29. The van der Waals surface area contributed by atoms with E-state index in [9.17, 15) is 9.18 Å². The molecule has 1 N–H and O–H groups in total. The third-order valence-electron chi connectivity index (χ3n) is 3.55. The second-order valence-corrected chi connectivity index (χ2v) is 5.03. The van der Waals surface area contributed by atoms with Gasteiger partial charge in [0.1, 0.15) is 23.7 Å². The molecule has 0 fully saturated rings. The lowest BCUT2D eigenvalue weighted by Crippen LogP contribution is -2.13. The molecular formula is C17H11FN2O2. The molecule has 1 aliphatic heterocycles. The van der Waals surface area contributed by atoms with Crippen LogP contribution in [-0.2, 0) is 4.79 Å². The molecule has 0 unspecified atom stereocenters. The third-order valence-corrected chi connectivity index (χ3v) is 3.55. The Balaban J connectivity index is 1.99. The number of amides is 1. The van der Waals surface area contributed by atoms with E-state index in [-0.39, 0.29) is 18.3 Å². The highest BCUT2D eigenvalue weighted by Gasteiger charge is 2.24. The van der Waals surface area contributed by atoms with Crippen molar-refractivity contribution in [1.29, 1.82) is 0 Å². The fourth-order valence-electron chi connectivity index (χ4n) is 2.60.